The van der Waals surface area contributed by atoms with Gasteiger partial charge in [0.15, 0.2) is 0 Å². The van der Waals surface area contributed by atoms with Crippen molar-refractivity contribution in [3.8, 4) is 0 Å². The lowest BCUT2D eigenvalue weighted by molar-refractivity contribution is -0.159. The number of rotatable bonds is 13. The Morgan fingerprint density at radius 1 is 0.848 bits per heavy atom. The fraction of sp³-hybridized carbons (Fsp3) is 0.514. The second-order valence-corrected chi connectivity index (χ2v) is 13.4. The summed E-state index contributed by atoms with van der Waals surface area (Å²) in [4.78, 5) is 67.8. The summed E-state index contributed by atoms with van der Waals surface area (Å²) in [6.45, 7) is 15.7. The summed E-state index contributed by atoms with van der Waals surface area (Å²) >= 11 is 0. The van der Waals surface area contributed by atoms with Gasteiger partial charge >= 0.3 is 12.1 Å². The summed E-state index contributed by atoms with van der Waals surface area (Å²) < 4.78 is 11.0. The van der Waals surface area contributed by atoms with Crippen LogP contribution in [-0.4, -0.2) is 64.5 Å². The highest BCUT2D eigenvalue weighted by Gasteiger charge is 2.38. The number of nitrogens with zero attached hydrogens (tertiary/aromatic N) is 1. The van der Waals surface area contributed by atoms with E-state index in [0.29, 0.717) is 5.56 Å². The van der Waals surface area contributed by atoms with E-state index in [4.69, 9.17) is 15.2 Å². The maximum Gasteiger partial charge on any atom is 0.408 e. The number of benzene rings is 2. The van der Waals surface area contributed by atoms with Gasteiger partial charge in [0.1, 0.15) is 29.3 Å². The first kappa shape index (κ1) is 37.8. The Bertz CT molecular complexity index is 1380. The molecular weight excluding hydrogens is 588 g/mol. The Morgan fingerprint density at radius 2 is 1.46 bits per heavy atom. The number of nitrogens with one attached hydrogen (secondary N) is 2. The predicted molar refractivity (Wildman–Crippen MR) is 176 cm³/mol. The normalized spacial score (nSPS) is 13.5. The molecule has 4 N–H and O–H groups in total. The van der Waals surface area contributed by atoms with E-state index in [1.165, 1.54) is 4.90 Å². The Kier molecular flexibility index (Phi) is 13.3. The first-order valence-corrected chi connectivity index (χ1v) is 15.5. The van der Waals surface area contributed by atoms with Crippen LogP contribution in [0.5, 0.6) is 0 Å². The van der Waals surface area contributed by atoms with E-state index in [1.54, 1.807) is 48.5 Å². The number of aryl methyl sites for hydroxylation is 2. The summed E-state index contributed by atoms with van der Waals surface area (Å²) in [5, 5.41) is 5.44. The monoisotopic (exact) mass is 638 g/mol. The molecule has 252 valence electrons. The van der Waals surface area contributed by atoms with E-state index < -0.39 is 59.1 Å². The molecule has 0 radical (unpaired) electrons. The highest BCUT2D eigenvalue weighted by Crippen LogP contribution is 2.28. The third-order valence-electron chi connectivity index (χ3n) is 6.87. The number of hydrogen-bond donors (Lipinski definition) is 3. The van der Waals surface area contributed by atoms with Crippen molar-refractivity contribution >= 4 is 29.8 Å². The molecule has 2 aromatic carbocycles. The van der Waals surface area contributed by atoms with Gasteiger partial charge in [-0.25, -0.2) is 9.59 Å². The van der Waals surface area contributed by atoms with Crippen molar-refractivity contribution < 1.29 is 33.4 Å². The van der Waals surface area contributed by atoms with Crippen LogP contribution in [-0.2, 0) is 35.1 Å². The Morgan fingerprint density at radius 3 is 2.00 bits per heavy atom. The Labute approximate surface area is 272 Å². The van der Waals surface area contributed by atoms with Crippen molar-refractivity contribution in [3.05, 3.63) is 70.8 Å². The van der Waals surface area contributed by atoms with E-state index in [2.05, 4.69) is 10.6 Å². The SMILES string of the molecule is CCN(C(=O)C(CCC(N)=O)NC(=O)OC(C)(C)C)C(C(=O)NC(Cc1ccccc1)C(=O)OC(C)(C)C)c1cc(C)ccc1C. The number of carbonyl (C=O) groups excluding carboxylic acids is 5. The third-order valence-corrected chi connectivity index (χ3v) is 6.87. The summed E-state index contributed by atoms with van der Waals surface area (Å²) in [6.07, 6.45) is -1.00. The Hall–Kier alpha value is -4.41. The van der Waals surface area contributed by atoms with Crippen LogP contribution in [0.2, 0.25) is 0 Å². The maximum atomic E-state index is 14.4. The fourth-order valence-electron chi connectivity index (χ4n) is 4.83. The highest BCUT2D eigenvalue weighted by molar-refractivity contribution is 5.94. The molecule has 3 unspecified atom stereocenters. The largest absolute Gasteiger partial charge is 0.458 e. The smallest absolute Gasteiger partial charge is 0.408 e. The van der Waals surface area contributed by atoms with Crippen molar-refractivity contribution in [2.45, 2.75) is 111 Å². The minimum atomic E-state index is -1.23. The summed E-state index contributed by atoms with van der Waals surface area (Å²) in [6, 6.07) is 11.3. The van der Waals surface area contributed by atoms with Crippen molar-refractivity contribution in [2.24, 2.45) is 5.73 Å². The summed E-state index contributed by atoms with van der Waals surface area (Å²) in [5.41, 5.74) is 6.68. The lowest BCUT2D eigenvalue weighted by atomic mass is 9.95. The molecule has 0 aliphatic rings. The third kappa shape index (κ3) is 12.2. The van der Waals surface area contributed by atoms with Gasteiger partial charge in [0.05, 0.1) is 0 Å². The van der Waals surface area contributed by atoms with Crippen LogP contribution in [0.15, 0.2) is 48.5 Å². The van der Waals surface area contributed by atoms with Gasteiger partial charge in [-0.2, -0.15) is 0 Å². The topological polar surface area (TPSA) is 157 Å². The predicted octanol–water partition coefficient (Wildman–Crippen LogP) is 4.42. The lowest BCUT2D eigenvalue weighted by Crippen LogP contribution is -2.55. The van der Waals surface area contributed by atoms with Gasteiger partial charge in [-0.05, 0) is 85.4 Å². The number of hydrogen-bond acceptors (Lipinski definition) is 7. The van der Waals surface area contributed by atoms with Crippen molar-refractivity contribution in [2.75, 3.05) is 6.54 Å². The first-order chi connectivity index (χ1) is 21.3. The lowest BCUT2D eigenvalue weighted by Gasteiger charge is -2.35. The molecule has 0 aliphatic heterocycles. The van der Waals surface area contributed by atoms with Gasteiger partial charge in [-0.3, -0.25) is 14.4 Å². The second kappa shape index (κ2) is 16.2. The molecule has 46 heavy (non-hydrogen) atoms. The van der Waals surface area contributed by atoms with Crippen LogP contribution < -0.4 is 16.4 Å². The van der Waals surface area contributed by atoms with Crippen LogP contribution in [0.4, 0.5) is 4.79 Å². The minimum Gasteiger partial charge on any atom is -0.458 e. The number of amides is 4. The first-order valence-electron chi connectivity index (χ1n) is 15.5. The summed E-state index contributed by atoms with van der Waals surface area (Å²) in [7, 11) is 0. The molecule has 0 spiro atoms. The van der Waals surface area contributed by atoms with Gasteiger partial charge in [-0.15, -0.1) is 0 Å². The molecule has 11 heteroatoms. The molecule has 2 aromatic rings. The number of esters is 1. The van der Waals surface area contributed by atoms with E-state index in [-0.39, 0.29) is 25.8 Å². The molecule has 0 bridgehead atoms. The zero-order valence-corrected chi connectivity index (χ0v) is 28.6. The average Bonchev–Trinajstić information content (AvgIpc) is 2.93. The number of carbonyl (C=O) groups is 5. The number of nitrogens with two attached hydrogens (primary N) is 1. The minimum absolute atomic E-state index is 0.0587. The zero-order chi connectivity index (χ0) is 34.8. The standard InChI is InChI=1S/C35H50N4O7/c1-10-39(31(42)26(18-19-28(36)40)38-33(44)46-35(7,8)9)29(25-20-22(2)16-17-23(25)3)30(41)37-27(32(43)45-34(4,5)6)21-24-14-12-11-13-15-24/h11-17,20,26-27,29H,10,18-19,21H2,1-9H3,(H2,36,40)(H,37,41)(H,38,44). The second-order valence-electron chi connectivity index (χ2n) is 13.4. The molecule has 2 rings (SSSR count). The summed E-state index contributed by atoms with van der Waals surface area (Å²) in [5.74, 6) is -2.50. The molecule has 0 saturated carbocycles. The van der Waals surface area contributed by atoms with Crippen LogP contribution in [0.25, 0.3) is 0 Å². The molecule has 11 nitrogen and oxygen atoms in total. The molecule has 4 amide bonds. The van der Waals surface area contributed by atoms with Crippen LogP contribution in [0.3, 0.4) is 0 Å². The highest BCUT2D eigenvalue weighted by atomic mass is 16.6. The molecule has 0 heterocycles. The number of alkyl carbamates (subject to hydrolysis) is 1. The van der Waals surface area contributed by atoms with Crippen molar-refractivity contribution in [3.63, 3.8) is 0 Å². The van der Waals surface area contributed by atoms with Crippen molar-refractivity contribution in [1.29, 1.82) is 0 Å². The molecule has 3 atom stereocenters. The molecule has 0 aliphatic carbocycles. The van der Waals surface area contributed by atoms with Gasteiger partial charge in [0.2, 0.25) is 17.7 Å². The average molecular weight is 639 g/mol. The van der Waals surface area contributed by atoms with Gasteiger partial charge < -0.3 is 30.7 Å². The number of ether oxygens (including phenoxy) is 2. The molecule has 0 fully saturated rings. The molecular formula is C35H50N4O7. The quantitative estimate of drug-likeness (QED) is 0.274. The fourth-order valence-corrected chi connectivity index (χ4v) is 4.83. The zero-order valence-electron chi connectivity index (χ0n) is 28.6. The molecule has 0 saturated heterocycles. The molecule has 0 aromatic heterocycles. The van der Waals surface area contributed by atoms with E-state index in [0.717, 1.165) is 16.7 Å². The van der Waals surface area contributed by atoms with Gasteiger partial charge in [0.25, 0.3) is 0 Å². The Balaban J connectivity index is 2.60. The van der Waals surface area contributed by atoms with E-state index in [1.807, 2.05) is 62.4 Å². The van der Waals surface area contributed by atoms with Crippen molar-refractivity contribution in [1.82, 2.24) is 15.5 Å². The number of primary amides is 1. The van der Waals surface area contributed by atoms with Crippen LogP contribution in [0.1, 0.15) is 89.6 Å². The van der Waals surface area contributed by atoms with E-state index in [9.17, 15) is 24.0 Å². The van der Waals surface area contributed by atoms with Crippen LogP contribution >= 0.6 is 0 Å². The van der Waals surface area contributed by atoms with E-state index >= 15 is 0 Å². The van der Waals surface area contributed by atoms with Crippen LogP contribution in [0, 0.1) is 13.8 Å². The van der Waals surface area contributed by atoms with Gasteiger partial charge in [0, 0.05) is 19.4 Å². The number of likely N-dealkylation sites (N-methyl/N-ethyl adjacent to an activating group) is 1. The maximum absolute atomic E-state index is 14.4. The van der Waals surface area contributed by atoms with Gasteiger partial charge in [-0.1, -0.05) is 54.1 Å².